The van der Waals surface area contributed by atoms with E-state index in [0.29, 0.717) is 28.1 Å². The molecule has 24 heavy (non-hydrogen) atoms. The molecule has 2 heterocycles. The van der Waals surface area contributed by atoms with Crippen LogP contribution in [0, 0.1) is 17.2 Å². The first-order chi connectivity index (χ1) is 11.5. The number of thioether (sulfide) groups is 1. The van der Waals surface area contributed by atoms with Gasteiger partial charge in [-0.3, -0.25) is 4.79 Å². The van der Waals surface area contributed by atoms with E-state index >= 15 is 0 Å². The van der Waals surface area contributed by atoms with E-state index in [0.717, 1.165) is 12.1 Å². The minimum atomic E-state index is -0.317. The van der Waals surface area contributed by atoms with Crippen LogP contribution < -0.4 is 5.32 Å². The van der Waals surface area contributed by atoms with E-state index in [1.54, 1.807) is 12.3 Å². The van der Waals surface area contributed by atoms with Crippen LogP contribution in [0.25, 0.3) is 0 Å². The fraction of sp³-hybridized carbons (Fsp3) is 0.412. The van der Waals surface area contributed by atoms with E-state index in [-0.39, 0.29) is 11.2 Å². The van der Waals surface area contributed by atoms with Crippen LogP contribution in [0.1, 0.15) is 38.4 Å². The Morgan fingerprint density at radius 2 is 2.25 bits per heavy atom. The maximum atomic E-state index is 12.4. The highest BCUT2D eigenvalue weighted by atomic mass is 32.2. The van der Waals surface area contributed by atoms with Gasteiger partial charge >= 0.3 is 0 Å². The Morgan fingerprint density at radius 3 is 2.83 bits per heavy atom. The number of hydrogen-bond donors (Lipinski definition) is 1. The van der Waals surface area contributed by atoms with Crippen molar-refractivity contribution in [3.63, 3.8) is 0 Å². The first-order valence-corrected chi connectivity index (χ1v) is 9.56. The lowest BCUT2D eigenvalue weighted by Gasteiger charge is -2.15. The summed E-state index contributed by atoms with van der Waals surface area (Å²) in [6.07, 6.45) is 3.14. The number of rotatable bonds is 7. The van der Waals surface area contributed by atoms with Gasteiger partial charge in [0, 0.05) is 17.3 Å². The Balaban J connectivity index is 2.16. The maximum absolute atomic E-state index is 12.4. The topological polar surface area (TPSA) is 78.7 Å². The lowest BCUT2D eigenvalue weighted by Crippen LogP contribution is -2.24. The van der Waals surface area contributed by atoms with E-state index < -0.39 is 0 Å². The van der Waals surface area contributed by atoms with Gasteiger partial charge in [0.1, 0.15) is 11.1 Å². The molecular weight excluding hydrogens is 340 g/mol. The fourth-order valence-corrected chi connectivity index (χ4v) is 3.66. The Morgan fingerprint density at radius 1 is 1.46 bits per heavy atom. The van der Waals surface area contributed by atoms with Gasteiger partial charge in [0.05, 0.1) is 10.8 Å². The molecule has 0 aliphatic heterocycles. The number of nitrogens with zero attached hydrogens (tertiary/aromatic N) is 3. The molecule has 0 aromatic carbocycles. The Kier molecular flexibility index (Phi) is 6.76. The number of thiazole rings is 1. The molecule has 1 amide bonds. The molecular formula is C17H20N4OS2. The normalized spacial score (nSPS) is 12.0. The summed E-state index contributed by atoms with van der Waals surface area (Å²) in [6.45, 7) is 6.20. The quantitative estimate of drug-likeness (QED) is 0.752. The molecule has 0 bridgehead atoms. The smallest absolute Gasteiger partial charge is 0.239 e. The number of aromatic nitrogens is 2. The van der Waals surface area contributed by atoms with Crippen LogP contribution in [0.4, 0.5) is 5.13 Å². The summed E-state index contributed by atoms with van der Waals surface area (Å²) in [5.74, 6) is 0.371. The van der Waals surface area contributed by atoms with E-state index in [2.05, 4.69) is 35.2 Å². The third-order valence-electron chi connectivity index (χ3n) is 3.24. The van der Waals surface area contributed by atoms with Crippen LogP contribution in [0.3, 0.4) is 0 Å². The van der Waals surface area contributed by atoms with E-state index in [4.69, 9.17) is 0 Å². The number of pyridine rings is 1. The van der Waals surface area contributed by atoms with Gasteiger partial charge < -0.3 is 5.32 Å². The molecule has 5 nitrogen and oxygen atoms in total. The minimum absolute atomic E-state index is 0.114. The number of nitriles is 1. The summed E-state index contributed by atoms with van der Waals surface area (Å²) in [4.78, 5) is 21.1. The molecule has 0 fully saturated rings. The van der Waals surface area contributed by atoms with Crippen LogP contribution in [-0.4, -0.2) is 21.1 Å². The zero-order valence-corrected chi connectivity index (χ0v) is 15.6. The molecule has 0 aliphatic rings. The molecule has 0 radical (unpaired) electrons. The molecule has 126 valence electrons. The number of anilines is 1. The molecule has 2 aromatic rings. The van der Waals surface area contributed by atoms with Gasteiger partial charge in [-0.1, -0.05) is 32.5 Å². The molecule has 2 rings (SSSR count). The lowest BCUT2D eigenvalue weighted by molar-refractivity contribution is -0.115. The molecule has 7 heteroatoms. The Labute approximate surface area is 150 Å². The average molecular weight is 361 g/mol. The predicted molar refractivity (Wildman–Crippen MR) is 98.2 cm³/mol. The second kappa shape index (κ2) is 8.81. The van der Waals surface area contributed by atoms with E-state index in [1.807, 2.05) is 18.4 Å². The summed E-state index contributed by atoms with van der Waals surface area (Å²) in [6, 6.07) is 5.84. The second-order valence-electron chi connectivity index (χ2n) is 5.71. The molecule has 0 spiro atoms. The lowest BCUT2D eigenvalue weighted by atomic mass is 10.1. The van der Waals surface area contributed by atoms with Crippen LogP contribution >= 0.6 is 23.1 Å². The van der Waals surface area contributed by atoms with Crippen molar-refractivity contribution < 1.29 is 4.79 Å². The summed E-state index contributed by atoms with van der Waals surface area (Å²) in [7, 11) is 0. The molecule has 0 aliphatic carbocycles. The van der Waals surface area contributed by atoms with Crippen molar-refractivity contribution in [2.75, 3.05) is 5.32 Å². The average Bonchev–Trinajstić information content (AvgIpc) is 3.05. The highest BCUT2D eigenvalue weighted by Crippen LogP contribution is 2.28. The first-order valence-electron chi connectivity index (χ1n) is 7.80. The van der Waals surface area contributed by atoms with Crippen molar-refractivity contribution in [2.45, 2.75) is 43.9 Å². The molecule has 0 saturated heterocycles. The van der Waals surface area contributed by atoms with Gasteiger partial charge in [0.2, 0.25) is 5.91 Å². The molecule has 2 aromatic heterocycles. The van der Waals surface area contributed by atoms with Crippen LogP contribution in [0.15, 0.2) is 28.7 Å². The zero-order valence-electron chi connectivity index (χ0n) is 13.9. The number of amides is 1. The van der Waals surface area contributed by atoms with Crippen LogP contribution in [0.2, 0.25) is 0 Å². The summed E-state index contributed by atoms with van der Waals surface area (Å²) in [5.41, 5.74) is 1.45. The highest BCUT2D eigenvalue weighted by Gasteiger charge is 2.21. The van der Waals surface area contributed by atoms with Crippen molar-refractivity contribution >= 4 is 34.1 Å². The molecule has 1 N–H and O–H groups in total. The Bertz CT molecular complexity index is 723. The third-order valence-corrected chi connectivity index (χ3v) is 5.29. The van der Waals surface area contributed by atoms with E-state index in [9.17, 15) is 10.1 Å². The molecule has 1 unspecified atom stereocenters. The van der Waals surface area contributed by atoms with E-state index in [1.165, 1.54) is 23.1 Å². The highest BCUT2D eigenvalue weighted by molar-refractivity contribution is 8.00. The van der Waals surface area contributed by atoms with Gasteiger partial charge in [-0.25, -0.2) is 9.97 Å². The van der Waals surface area contributed by atoms with Gasteiger partial charge in [0.15, 0.2) is 5.13 Å². The number of carbonyl (C=O) groups is 1. The van der Waals surface area contributed by atoms with Gasteiger partial charge in [-0.15, -0.1) is 11.3 Å². The Hall–Kier alpha value is -1.91. The maximum Gasteiger partial charge on any atom is 0.239 e. The molecule has 1 atom stereocenters. The van der Waals surface area contributed by atoms with Gasteiger partial charge in [-0.05, 0) is 30.9 Å². The fourth-order valence-electron chi connectivity index (χ4n) is 2.11. The predicted octanol–water partition coefficient (Wildman–Crippen LogP) is 4.12. The van der Waals surface area contributed by atoms with Crippen molar-refractivity contribution in [1.29, 1.82) is 5.26 Å². The second-order valence-corrected chi connectivity index (χ2v) is 7.79. The first kappa shape index (κ1) is 18.4. The number of carbonyl (C=O) groups excluding carboxylic acids is 1. The van der Waals surface area contributed by atoms with Crippen molar-refractivity contribution in [1.82, 2.24) is 9.97 Å². The summed E-state index contributed by atoms with van der Waals surface area (Å²) in [5, 5.41) is 14.8. The van der Waals surface area contributed by atoms with Crippen molar-refractivity contribution in [3.8, 4) is 6.07 Å². The van der Waals surface area contributed by atoms with Crippen LogP contribution in [0.5, 0.6) is 0 Å². The third kappa shape index (κ3) is 5.05. The number of hydrogen-bond acceptors (Lipinski definition) is 6. The molecule has 0 saturated carbocycles. The van der Waals surface area contributed by atoms with Crippen LogP contribution in [-0.2, 0) is 11.2 Å². The van der Waals surface area contributed by atoms with Gasteiger partial charge in [0.25, 0.3) is 0 Å². The van der Waals surface area contributed by atoms with Crippen molar-refractivity contribution in [2.24, 2.45) is 5.92 Å². The summed E-state index contributed by atoms with van der Waals surface area (Å²) < 4.78 is 0. The standard InChI is InChI=1S/C17H20N4OS2/c1-4-14(15(22)21-17-19-7-8-23-17)24-16-12(10-18)5-6-13(20-16)9-11(2)3/h5-8,11,14H,4,9H2,1-3H3,(H,19,21,22). The summed E-state index contributed by atoms with van der Waals surface area (Å²) >= 11 is 2.72. The van der Waals surface area contributed by atoms with Gasteiger partial charge in [-0.2, -0.15) is 5.26 Å². The van der Waals surface area contributed by atoms with Crippen molar-refractivity contribution in [3.05, 3.63) is 35.0 Å². The zero-order chi connectivity index (χ0) is 17.5. The SMILES string of the molecule is CCC(Sc1nc(CC(C)C)ccc1C#N)C(=O)Nc1nccs1. The largest absolute Gasteiger partial charge is 0.301 e. The minimum Gasteiger partial charge on any atom is -0.301 e. The number of nitrogens with one attached hydrogen (secondary N) is 1. The monoisotopic (exact) mass is 360 g/mol.